The number of nitrogens with one attached hydrogen (secondary N) is 1. The average Bonchev–Trinajstić information content (AvgIpc) is 2.68. The van der Waals surface area contributed by atoms with Gasteiger partial charge in [0.05, 0.1) is 27.9 Å². The molecule has 0 aliphatic heterocycles. The van der Waals surface area contributed by atoms with Gasteiger partial charge in [0.2, 0.25) is 5.75 Å². The third-order valence-corrected chi connectivity index (χ3v) is 4.08. The van der Waals surface area contributed by atoms with E-state index in [0.29, 0.717) is 42.4 Å². The molecule has 0 saturated carbocycles. The molecule has 7 nitrogen and oxygen atoms in total. The number of benzene rings is 1. The Morgan fingerprint density at radius 1 is 0.889 bits per heavy atom. The lowest BCUT2D eigenvalue weighted by Gasteiger charge is -2.14. The normalized spacial score (nSPS) is 10.2. The summed E-state index contributed by atoms with van der Waals surface area (Å²) in [6, 6.07) is 3.26. The molecule has 0 bridgehead atoms. The van der Waals surface area contributed by atoms with Crippen LogP contribution >= 0.6 is 0 Å². The second-order valence-electron chi connectivity index (χ2n) is 5.99. The minimum Gasteiger partial charge on any atom is -0.493 e. The molecule has 0 aromatic heterocycles. The van der Waals surface area contributed by atoms with Crippen LogP contribution in [0.5, 0.6) is 17.2 Å². The Kier molecular flexibility index (Phi) is 10.7. The highest BCUT2D eigenvalue weighted by molar-refractivity contribution is 5.95. The zero-order chi connectivity index (χ0) is 20.1. The first kappa shape index (κ1) is 22.6. The molecule has 1 N–H and O–H groups in total. The Labute approximate surface area is 161 Å². The summed E-state index contributed by atoms with van der Waals surface area (Å²) in [5.74, 6) is 1.04. The highest BCUT2D eigenvalue weighted by Gasteiger charge is 2.16. The highest BCUT2D eigenvalue weighted by Crippen LogP contribution is 2.38. The summed E-state index contributed by atoms with van der Waals surface area (Å²) in [7, 11) is 4.55. The van der Waals surface area contributed by atoms with Crippen molar-refractivity contribution < 1.29 is 28.5 Å². The lowest BCUT2D eigenvalue weighted by Crippen LogP contribution is -2.24. The SMILES string of the molecule is CCOC(=O)CCCCCCCNC(=O)c1cc(OC)c(OC)c(OC)c1. The third kappa shape index (κ3) is 7.76. The van der Waals surface area contributed by atoms with Crippen molar-refractivity contribution in [2.45, 2.75) is 45.4 Å². The van der Waals surface area contributed by atoms with Crippen molar-refractivity contribution in [3.05, 3.63) is 17.7 Å². The Bertz CT molecular complexity index is 577. The molecular weight excluding hydrogens is 350 g/mol. The van der Waals surface area contributed by atoms with Crippen molar-refractivity contribution in [2.24, 2.45) is 0 Å². The molecule has 0 unspecified atom stereocenters. The van der Waals surface area contributed by atoms with E-state index in [1.54, 1.807) is 12.1 Å². The first-order valence-corrected chi connectivity index (χ1v) is 9.31. The fourth-order valence-corrected chi connectivity index (χ4v) is 2.67. The first-order valence-electron chi connectivity index (χ1n) is 9.31. The van der Waals surface area contributed by atoms with Gasteiger partial charge in [0.25, 0.3) is 5.91 Å². The van der Waals surface area contributed by atoms with E-state index in [1.165, 1.54) is 21.3 Å². The van der Waals surface area contributed by atoms with Gasteiger partial charge in [-0.2, -0.15) is 0 Å². The average molecular weight is 381 g/mol. The fourth-order valence-electron chi connectivity index (χ4n) is 2.67. The molecule has 0 saturated heterocycles. The summed E-state index contributed by atoms with van der Waals surface area (Å²) in [6.07, 6.45) is 5.22. The number of hydrogen-bond donors (Lipinski definition) is 1. The van der Waals surface area contributed by atoms with Crippen molar-refractivity contribution in [1.82, 2.24) is 5.32 Å². The number of carbonyl (C=O) groups is 2. The molecule has 0 radical (unpaired) electrons. The van der Waals surface area contributed by atoms with Gasteiger partial charge in [-0.3, -0.25) is 9.59 Å². The van der Waals surface area contributed by atoms with Crippen LogP contribution in [-0.4, -0.2) is 46.4 Å². The molecular formula is C20H31NO6. The molecule has 1 aromatic carbocycles. The van der Waals surface area contributed by atoms with Crippen LogP contribution in [0.25, 0.3) is 0 Å². The zero-order valence-electron chi connectivity index (χ0n) is 16.8. The van der Waals surface area contributed by atoms with Gasteiger partial charge in [-0.1, -0.05) is 19.3 Å². The van der Waals surface area contributed by atoms with E-state index in [2.05, 4.69) is 5.32 Å². The second kappa shape index (κ2) is 12.8. The number of rotatable bonds is 13. The van der Waals surface area contributed by atoms with Crippen LogP contribution in [0.1, 0.15) is 55.8 Å². The Morgan fingerprint density at radius 2 is 1.48 bits per heavy atom. The maximum atomic E-state index is 12.3. The van der Waals surface area contributed by atoms with Crippen LogP contribution in [0.15, 0.2) is 12.1 Å². The topological polar surface area (TPSA) is 83.1 Å². The number of ether oxygens (including phenoxy) is 4. The van der Waals surface area contributed by atoms with Gasteiger partial charge in [0.15, 0.2) is 11.5 Å². The van der Waals surface area contributed by atoms with Crippen LogP contribution in [0, 0.1) is 0 Å². The van der Waals surface area contributed by atoms with E-state index in [1.807, 2.05) is 6.92 Å². The number of methoxy groups -OCH3 is 3. The van der Waals surface area contributed by atoms with Crippen molar-refractivity contribution in [3.8, 4) is 17.2 Å². The number of unbranched alkanes of at least 4 members (excludes halogenated alkanes) is 4. The largest absolute Gasteiger partial charge is 0.493 e. The summed E-state index contributed by atoms with van der Waals surface area (Å²) in [5, 5.41) is 2.90. The lowest BCUT2D eigenvalue weighted by molar-refractivity contribution is -0.143. The molecule has 1 amide bonds. The molecule has 0 aliphatic rings. The third-order valence-electron chi connectivity index (χ3n) is 4.08. The second-order valence-corrected chi connectivity index (χ2v) is 5.99. The van der Waals surface area contributed by atoms with E-state index in [0.717, 1.165) is 32.1 Å². The Hall–Kier alpha value is -2.44. The number of esters is 1. The van der Waals surface area contributed by atoms with E-state index < -0.39 is 0 Å². The smallest absolute Gasteiger partial charge is 0.305 e. The van der Waals surface area contributed by atoms with Crippen molar-refractivity contribution in [3.63, 3.8) is 0 Å². The molecule has 7 heteroatoms. The van der Waals surface area contributed by atoms with Gasteiger partial charge < -0.3 is 24.3 Å². The number of carbonyl (C=O) groups excluding carboxylic acids is 2. The van der Waals surface area contributed by atoms with Gasteiger partial charge in [-0.05, 0) is 31.9 Å². The summed E-state index contributed by atoms with van der Waals surface area (Å²) < 4.78 is 20.7. The van der Waals surface area contributed by atoms with Gasteiger partial charge >= 0.3 is 5.97 Å². The van der Waals surface area contributed by atoms with E-state index in [9.17, 15) is 9.59 Å². The van der Waals surface area contributed by atoms with Crippen LogP contribution in [0.3, 0.4) is 0 Å². The monoisotopic (exact) mass is 381 g/mol. The summed E-state index contributed by atoms with van der Waals surface area (Å²) in [5.41, 5.74) is 0.457. The van der Waals surface area contributed by atoms with Crippen LogP contribution in [0.2, 0.25) is 0 Å². The molecule has 27 heavy (non-hydrogen) atoms. The maximum absolute atomic E-state index is 12.3. The van der Waals surface area contributed by atoms with E-state index in [4.69, 9.17) is 18.9 Å². The number of amides is 1. The first-order chi connectivity index (χ1) is 13.1. The molecule has 0 fully saturated rings. The molecule has 0 spiro atoms. The highest BCUT2D eigenvalue weighted by atomic mass is 16.5. The molecule has 152 valence electrons. The van der Waals surface area contributed by atoms with Crippen molar-refractivity contribution in [1.29, 1.82) is 0 Å². The zero-order valence-corrected chi connectivity index (χ0v) is 16.8. The van der Waals surface area contributed by atoms with Gasteiger partial charge in [0, 0.05) is 18.5 Å². The lowest BCUT2D eigenvalue weighted by atomic mass is 10.1. The minimum absolute atomic E-state index is 0.130. The minimum atomic E-state index is -0.184. The maximum Gasteiger partial charge on any atom is 0.305 e. The molecule has 0 atom stereocenters. The predicted molar refractivity (Wildman–Crippen MR) is 103 cm³/mol. The van der Waals surface area contributed by atoms with Gasteiger partial charge in [0.1, 0.15) is 0 Å². The Morgan fingerprint density at radius 3 is 2.04 bits per heavy atom. The molecule has 1 aromatic rings. The molecule has 1 rings (SSSR count). The summed E-state index contributed by atoms with van der Waals surface area (Å²) in [4.78, 5) is 23.6. The summed E-state index contributed by atoms with van der Waals surface area (Å²) in [6.45, 7) is 2.84. The van der Waals surface area contributed by atoms with Crippen LogP contribution < -0.4 is 19.5 Å². The van der Waals surface area contributed by atoms with E-state index in [-0.39, 0.29) is 11.9 Å². The van der Waals surface area contributed by atoms with E-state index >= 15 is 0 Å². The predicted octanol–water partition coefficient (Wildman–Crippen LogP) is 3.35. The molecule has 0 aliphatic carbocycles. The summed E-state index contributed by atoms with van der Waals surface area (Å²) >= 11 is 0. The quantitative estimate of drug-likeness (QED) is 0.417. The van der Waals surface area contributed by atoms with Crippen LogP contribution in [-0.2, 0) is 9.53 Å². The van der Waals surface area contributed by atoms with Crippen molar-refractivity contribution >= 4 is 11.9 Å². The van der Waals surface area contributed by atoms with Crippen LogP contribution in [0.4, 0.5) is 0 Å². The van der Waals surface area contributed by atoms with Gasteiger partial charge in [-0.25, -0.2) is 0 Å². The fraction of sp³-hybridized carbons (Fsp3) is 0.600. The Balaban J connectivity index is 2.34. The standard InChI is InChI=1S/C20H31NO6/c1-5-27-18(22)11-9-7-6-8-10-12-21-20(23)15-13-16(24-2)19(26-4)17(14-15)25-3/h13-14H,5-12H2,1-4H3,(H,21,23). The van der Waals surface area contributed by atoms with Crippen molar-refractivity contribution in [2.75, 3.05) is 34.5 Å². The van der Waals surface area contributed by atoms with Gasteiger partial charge in [-0.15, -0.1) is 0 Å². The molecule has 0 heterocycles. The number of hydrogen-bond acceptors (Lipinski definition) is 6.